The number of ether oxygens (including phenoxy) is 1. The smallest absolute Gasteiger partial charge is 0.326 e. The summed E-state index contributed by atoms with van der Waals surface area (Å²) in [6.07, 6.45) is 2.02. The molecule has 0 radical (unpaired) electrons. The van der Waals surface area contributed by atoms with Crippen LogP contribution in [0.5, 0.6) is 0 Å². The van der Waals surface area contributed by atoms with Crippen molar-refractivity contribution in [2.75, 3.05) is 44.3 Å². The summed E-state index contributed by atoms with van der Waals surface area (Å²) in [5.41, 5.74) is 3.13. The highest BCUT2D eigenvalue weighted by atomic mass is 16.5. The van der Waals surface area contributed by atoms with Gasteiger partial charge in [0.15, 0.2) is 0 Å². The van der Waals surface area contributed by atoms with E-state index >= 15 is 0 Å². The van der Waals surface area contributed by atoms with Crippen molar-refractivity contribution in [3.8, 4) is 0 Å². The Bertz CT molecular complexity index is 708. The average molecular weight is 302 g/mol. The number of aromatic nitrogens is 2. The van der Waals surface area contributed by atoms with Crippen LogP contribution in [0.25, 0.3) is 11.0 Å². The highest BCUT2D eigenvalue weighted by Gasteiger charge is 2.22. The number of imidazole rings is 1. The third-order valence-corrected chi connectivity index (χ3v) is 4.76. The van der Waals surface area contributed by atoms with Gasteiger partial charge in [-0.3, -0.25) is 4.57 Å². The van der Waals surface area contributed by atoms with E-state index in [0.29, 0.717) is 6.04 Å². The number of piperidine rings is 1. The first-order valence-electron chi connectivity index (χ1n) is 8.11. The molecule has 3 heterocycles. The molecular weight excluding hydrogens is 280 g/mol. The van der Waals surface area contributed by atoms with Crippen LogP contribution < -0.4 is 15.9 Å². The SMILES string of the molecule is O=c1[nH]c2c(N3CCOCC3)cccc2n1C1CCNCC1. The summed E-state index contributed by atoms with van der Waals surface area (Å²) >= 11 is 0. The van der Waals surface area contributed by atoms with Crippen LogP contribution in [-0.4, -0.2) is 48.9 Å². The number of para-hydroxylation sites is 1. The van der Waals surface area contributed by atoms with Crippen LogP contribution in [0.2, 0.25) is 0 Å². The minimum absolute atomic E-state index is 0.0163. The second-order valence-electron chi connectivity index (χ2n) is 6.05. The fourth-order valence-electron chi connectivity index (χ4n) is 3.63. The second-order valence-corrected chi connectivity index (χ2v) is 6.05. The van der Waals surface area contributed by atoms with E-state index in [0.717, 1.165) is 69.0 Å². The third-order valence-electron chi connectivity index (χ3n) is 4.76. The van der Waals surface area contributed by atoms with Crippen molar-refractivity contribution in [1.82, 2.24) is 14.9 Å². The van der Waals surface area contributed by atoms with E-state index in [9.17, 15) is 4.79 Å². The number of aromatic amines is 1. The molecule has 2 aliphatic heterocycles. The number of morpholine rings is 1. The molecule has 0 saturated carbocycles. The molecule has 2 aromatic rings. The molecule has 0 atom stereocenters. The van der Waals surface area contributed by atoms with Gasteiger partial charge in [-0.15, -0.1) is 0 Å². The number of anilines is 1. The summed E-state index contributed by atoms with van der Waals surface area (Å²) < 4.78 is 7.39. The van der Waals surface area contributed by atoms with E-state index < -0.39 is 0 Å². The van der Waals surface area contributed by atoms with Gasteiger partial charge in [0.05, 0.1) is 29.9 Å². The first-order valence-corrected chi connectivity index (χ1v) is 8.11. The number of nitrogens with one attached hydrogen (secondary N) is 2. The zero-order valence-electron chi connectivity index (χ0n) is 12.7. The Morgan fingerprint density at radius 1 is 1.14 bits per heavy atom. The largest absolute Gasteiger partial charge is 0.378 e. The van der Waals surface area contributed by atoms with Gasteiger partial charge in [-0.05, 0) is 38.1 Å². The molecule has 2 aliphatic rings. The van der Waals surface area contributed by atoms with Gasteiger partial charge in [-0.1, -0.05) is 6.07 Å². The second kappa shape index (κ2) is 5.78. The summed E-state index contributed by atoms with van der Waals surface area (Å²) in [6, 6.07) is 6.50. The van der Waals surface area contributed by atoms with Crippen LogP contribution >= 0.6 is 0 Å². The molecule has 6 nitrogen and oxygen atoms in total. The van der Waals surface area contributed by atoms with Crippen molar-refractivity contribution in [2.24, 2.45) is 0 Å². The number of benzene rings is 1. The van der Waals surface area contributed by atoms with Crippen LogP contribution in [0.3, 0.4) is 0 Å². The maximum atomic E-state index is 12.5. The van der Waals surface area contributed by atoms with Gasteiger partial charge in [-0.25, -0.2) is 4.79 Å². The standard InChI is InChI=1S/C16H22N4O2/c21-16-18-15-13(19-8-10-22-11-9-19)2-1-3-14(15)20(16)12-4-6-17-7-5-12/h1-3,12,17H,4-11H2,(H,18,21). The molecule has 2 fully saturated rings. The van der Waals surface area contributed by atoms with E-state index in [2.05, 4.69) is 33.4 Å². The van der Waals surface area contributed by atoms with E-state index in [1.165, 1.54) is 0 Å². The first kappa shape index (κ1) is 13.8. The van der Waals surface area contributed by atoms with Crippen LogP contribution in [0.15, 0.2) is 23.0 Å². The number of hydrogen-bond donors (Lipinski definition) is 2. The fraction of sp³-hybridized carbons (Fsp3) is 0.562. The summed E-state index contributed by atoms with van der Waals surface area (Å²) in [7, 11) is 0. The average Bonchev–Trinajstić information content (AvgIpc) is 2.92. The van der Waals surface area contributed by atoms with Crippen molar-refractivity contribution in [3.63, 3.8) is 0 Å². The molecule has 1 aromatic carbocycles. The van der Waals surface area contributed by atoms with E-state index in [4.69, 9.17) is 4.74 Å². The molecule has 0 unspecified atom stereocenters. The normalized spacial score (nSPS) is 20.6. The van der Waals surface area contributed by atoms with Gasteiger partial charge in [0, 0.05) is 19.1 Å². The van der Waals surface area contributed by atoms with E-state index in [-0.39, 0.29) is 5.69 Å². The fourth-order valence-corrected chi connectivity index (χ4v) is 3.63. The molecule has 2 saturated heterocycles. The molecule has 2 N–H and O–H groups in total. The Balaban J connectivity index is 1.79. The third kappa shape index (κ3) is 2.32. The lowest BCUT2D eigenvalue weighted by Crippen LogP contribution is -2.36. The quantitative estimate of drug-likeness (QED) is 0.872. The Morgan fingerprint density at radius 3 is 2.68 bits per heavy atom. The Labute approximate surface area is 129 Å². The molecule has 6 heteroatoms. The molecule has 1 aromatic heterocycles. The van der Waals surface area contributed by atoms with Gasteiger partial charge in [-0.2, -0.15) is 0 Å². The number of H-pyrrole nitrogens is 1. The molecule has 0 spiro atoms. The number of rotatable bonds is 2. The molecule has 0 bridgehead atoms. The van der Waals surface area contributed by atoms with Crippen molar-refractivity contribution in [1.29, 1.82) is 0 Å². The first-order chi connectivity index (χ1) is 10.8. The van der Waals surface area contributed by atoms with Crippen LogP contribution in [0, 0.1) is 0 Å². The Kier molecular flexibility index (Phi) is 3.63. The molecule has 118 valence electrons. The molecule has 22 heavy (non-hydrogen) atoms. The minimum atomic E-state index is 0.0163. The van der Waals surface area contributed by atoms with Gasteiger partial charge < -0.3 is 19.9 Å². The van der Waals surface area contributed by atoms with Crippen molar-refractivity contribution < 1.29 is 4.74 Å². The van der Waals surface area contributed by atoms with Crippen molar-refractivity contribution in [3.05, 3.63) is 28.7 Å². The van der Waals surface area contributed by atoms with Crippen LogP contribution in [0.1, 0.15) is 18.9 Å². The highest BCUT2D eigenvalue weighted by molar-refractivity contribution is 5.89. The summed E-state index contributed by atoms with van der Waals surface area (Å²) in [6.45, 7) is 5.20. The van der Waals surface area contributed by atoms with Gasteiger partial charge >= 0.3 is 5.69 Å². The Morgan fingerprint density at radius 2 is 1.91 bits per heavy atom. The van der Waals surface area contributed by atoms with Gasteiger partial charge in [0.1, 0.15) is 0 Å². The predicted molar refractivity (Wildman–Crippen MR) is 86.7 cm³/mol. The summed E-state index contributed by atoms with van der Waals surface area (Å²) in [4.78, 5) is 17.9. The minimum Gasteiger partial charge on any atom is -0.378 e. The predicted octanol–water partition coefficient (Wildman–Crippen LogP) is 1.09. The van der Waals surface area contributed by atoms with Gasteiger partial charge in [0.2, 0.25) is 0 Å². The zero-order valence-corrected chi connectivity index (χ0v) is 12.7. The lowest BCUT2D eigenvalue weighted by atomic mass is 10.1. The maximum absolute atomic E-state index is 12.5. The summed E-state index contributed by atoms with van der Waals surface area (Å²) in [5.74, 6) is 0. The number of nitrogens with zero attached hydrogens (tertiary/aromatic N) is 2. The monoisotopic (exact) mass is 302 g/mol. The van der Waals surface area contributed by atoms with E-state index in [1.807, 2.05) is 4.57 Å². The molecule has 4 rings (SSSR count). The maximum Gasteiger partial charge on any atom is 0.326 e. The molecule has 0 amide bonds. The van der Waals surface area contributed by atoms with Crippen molar-refractivity contribution >= 4 is 16.7 Å². The van der Waals surface area contributed by atoms with Gasteiger partial charge in [0.25, 0.3) is 0 Å². The van der Waals surface area contributed by atoms with Crippen molar-refractivity contribution in [2.45, 2.75) is 18.9 Å². The zero-order chi connectivity index (χ0) is 14.9. The Hall–Kier alpha value is -1.79. The lowest BCUT2D eigenvalue weighted by molar-refractivity contribution is 0.123. The number of hydrogen-bond acceptors (Lipinski definition) is 4. The van der Waals surface area contributed by atoms with Crippen LogP contribution in [-0.2, 0) is 4.74 Å². The summed E-state index contributed by atoms with van der Waals surface area (Å²) in [5, 5.41) is 3.36. The van der Waals surface area contributed by atoms with E-state index in [1.54, 1.807) is 0 Å². The molecular formula is C16H22N4O2. The van der Waals surface area contributed by atoms with Crippen LogP contribution in [0.4, 0.5) is 5.69 Å². The lowest BCUT2D eigenvalue weighted by Gasteiger charge is -2.29. The molecule has 0 aliphatic carbocycles. The highest BCUT2D eigenvalue weighted by Crippen LogP contribution is 2.28. The topological polar surface area (TPSA) is 62.3 Å². The number of fused-ring (bicyclic) bond motifs is 1.